The molecule has 0 unspecified atom stereocenters. The van der Waals surface area contributed by atoms with Crippen LogP contribution in [0.25, 0.3) is 10.8 Å². The molecule has 1 heterocycles. The van der Waals surface area contributed by atoms with E-state index >= 15 is 0 Å². The molecule has 0 radical (unpaired) electrons. The molecule has 1 aromatic heterocycles. The van der Waals surface area contributed by atoms with Gasteiger partial charge in [-0.15, -0.1) is 0 Å². The van der Waals surface area contributed by atoms with Gasteiger partial charge in [0.2, 0.25) is 0 Å². The molecule has 0 spiro atoms. The van der Waals surface area contributed by atoms with Gasteiger partial charge in [-0.2, -0.15) is 0 Å². The number of anilines is 1. The minimum atomic E-state index is 0.783. The smallest absolute Gasteiger partial charge is 0.272 e. The Morgan fingerprint density at radius 2 is 1.61 bits per heavy atom. The lowest BCUT2D eigenvalue weighted by Gasteiger charge is -2.04. The number of benzene rings is 2. The van der Waals surface area contributed by atoms with E-state index in [1.807, 2.05) is 29.0 Å². The predicted octanol–water partition coefficient (Wildman–Crippen LogP) is 2.76. The summed E-state index contributed by atoms with van der Waals surface area (Å²) in [7, 11) is 0. The highest BCUT2D eigenvalue weighted by atomic mass is 15.0. The van der Waals surface area contributed by atoms with Crippen LogP contribution in [0.4, 0.5) is 5.82 Å². The summed E-state index contributed by atoms with van der Waals surface area (Å²) < 4.78 is 2.05. The molecule has 88 valence electrons. The molecule has 18 heavy (non-hydrogen) atoms. The molecule has 0 aliphatic rings. The summed E-state index contributed by atoms with van der Waals surface area (Å²) in [6.45, 7) is 0.803. The molecule has 2 nitrogen and oxygen atoms in total. The number of rotatable bonds is 2. The van der Waals surface area contributed by atoms with Crippen molar-refractivity contribution in [1.82, 2.24) is 0 Å². The largest absolute Gasteiger partial charge is 0.287 e. The third-order valence-electron chi connectivity index (χ3n) is 3.14. The number of pyridine rings is 1. The molecule has 0 amide bonds. The van der Waals surface area contributed by atoms with Crippen LogP contribution in [-0.2, 0) is 6.54 Å². The summed E-state index contributed by atoms with van der Waals surface area (Å²) in [5.74, 6) is 0.783. The molecule has 0 atom stereocenters. The maximum atomic E-state index is 5.94. The van der Waals surface area contributed by atoms with Crippen molar-refractivity contribution in [2.75, 3.05) is 5.73 Å². The Balaban J connectivity index is 1.98. The highest BCUT2D eigenvalue weighted by Gasteiger charge is 2.04. The van der Waals surface area contributed by atoms with Crippen molar-refractivity contribution in [2.24, 2.45) is 0 Å². The number of aromatic nitrogens is 1. The number of fused-ring (bicyclic) bond motifs is 1. The Hall–Kier alpha value is -2.35. The van der Waals surface area contributed by atoms with E-state index in [9.17, 15) is 0 Å². The van der Waals surface area contributed by atoms with E-state index in [0.29, 0.717) is 0 Å². The first-order valence-corrected chi connectivity index (χ1v) is 6.04. The minimum Gasteiger partial charge on any atom is -0.287 e. The average molecular weight is 235 g/mol. The Kier molecular flexibility index (Phi) is 2.69. The number of hydrogen-bond acceptors (Lipinski definition) is 1. The van der Waals surface area contributed by atoms with Crippen LogP contribution < -0.4 is 10.3 Å². The van der Waals surface area contributed by atoms with Crippen molar-refractivity contribution in [2.45, 2.75) is 6.54 Å². The first-order valence-electron chi connectivity index (χ1n) is 6.04. The van der Waals surface area contributed by atoms with E-state index in [1.54, 1.807) is 0 Å². The van der Waals surface area contributed by atoms with Crippen LogP contribution in [0.5, 0.6) is 0 Å². The number of hydrogen-bond donors (Lipinski definition) is 1. The van der Waals surface area contributed by atoms with Crippen molar-refractivity contribution in [3.05, 3.63) is 72.4 Å². The summed E-state index contributed by atoms with van der Waals surface area (Å²) in [5.41, 5.74) is 7.20. The van der Waals surface area contributed by atoms with E-state index in [2.05, 4.69) is 42.5 Å². The third-order valence-corrected chi connectivity index (χ3v) is 3.14. The Bertz CT molecular complexity index is 689. The molecule has 3 aromatic rings. The summed E-state index contributed by atoms with van der Waals surface area (Å²) >= 11 is 0. The van der Waals surface area contributed by atoms with Gasteiger partial charge in [-0.3, -0.25) is 5.73 Å². The molecule has 0 bridgehead atoms. The van der Waals surface area contributed by atoms with Crippen molar-refractivity contribution in [3.8, 4) is 0 Å². The Morgan fingerprint density at radius 1 is 0.833 bits per heavy atom. The average Bonchev–Trinajstić information content (AvgIpc) is 2.41. The van der Waals surface area contributed by atoms with Crippen molar-refractivity contribution >= 4 is 16.6 Å². The molecule has 0 saturated carbocycles. The van der Waals surface area contributed by atoms with Gasteiger partial charge in [0.1, 0.15) is 6.54 Å². The molecule has 3 rings (SSSR count). The fraction of sp³-hybridized carbons (Fsp3) is 0.0625. The van der Waals surface area contributed by atoms with Gasteiger partial charge in [0.05, 0.1) is 6.20 Å². The van der Waals surface area contributed by atoms with Gasteiger partial charge in [-0.05, 0) is 28.5 Å². The molecule has 0 fully saturated rings. The van der Waals surface area contributed by atoms with E-state index in [4.69, 9.17) is 5.73 Å². The molecule has 0 aliphatic heterocycles. The monoisotopic (exact) mass is 235 g/mol. The maximum Gasteiger partial charge on any atom is 0.272 e. The van der Waals surface area contributed by atoms with Gasteiger partial charge in [0.15, 0.2) is 0 Å². The molecule has 0 aliphatic carbocycles. The molecular formula is C16H15N2+. The fourth-order valence-electron chi connectivity index (χ4n) is 2.17. The maximum absolute atomic E-state index is 5.94. The van der Waals surface area contributed by atoms with Gasteiger partial charge in [-0.1, -0.05) is 42.5 Å². The second-order valence-electron chi connectivity index (χ2n) is 4.43. The highest BCUT2D eigenvalue weighted by Crippen LogP contribution is 2.15. The van der Waals surface area contributed by atoms with Crippen LogP contribution in [0.15, 0.2) is 66.9 Å². The van der Waals surface area contributed by atoms with Gasteiger partial charge < -0.3 is 0 Å². The predicted molar refractivity (Wildman–Crippen MR) is 74.1 cm³/mol. The molecular weight excluding hydrogens is 220 g/mol. The topological polar surface area (TPSA) is 29.9 Å². The van der Waals surface area contributed by atoms with Crippen LogP contribution in [-0.4, -0.2) is 0 Å². The quantitative estimate of drug-likeness (QED) is 0.680. The Morgan fingerprint density at radius 3 is 2.44 bits per heavy atom. The first-order chi connectivity index (χ1) is 8.83. The van der Waals surface area contributed by atoms with Gasteiger partial charge >= 0.3 is 0 Å². The highest BCUT2D eigenvalue weighted by molar-refractivity contribution is 5.82. The molecule has 2 aromatic carbocycles. The molecule has 2 N–H and O–H groups in total. The van der Waals surface area contributed by atoms with E-state index in [1.165, 1.54) is 16.3 Å². The zero-order valence-electron chi connectivity index (χ0n) is 10.1. The summed E-state index contributed by atoms with van der Waals surface area (Å²) in [6, 6.07) is 20.8. The SMILES string of the molecule is Nc1cccc[n+]1Cc1ccc2ccccc2c1. The number of nitrogens with zero attached hydrogens (tertiary/aromatic N) is 1. The minimum absolute atomic E-state index is 0.783. The summed E-state index contributed by atoms with van der Waals surface area (Å²) in [5, 5.41) is 2.54. The van der Waals surface area contributed by atoms with Crippen LogP contribution >= 0.6 is 0 Å². The standard InChI is InChI=1S/C16H14N2/c17-16-7-3-4-10-18(16)12-13-8-9-14-5-1-2-6-15(14)11-13/h1-11,17H,12H2/p+1. The van der Waals surface area contributed by atoms with Gasteiger partial charge in [0, 0.05) is 6.07 Å². The van der Waals surface area contributed by atoms with E-state index in [0.717, 1.165) is 12.4 Å². The van der Waals surface area contributed by atoms with Gasteiger partial charge in [-0.25, -0.2) is 4.57 Å². The second-order valence-corrected chi connectivity index (χ2v) is 4.43. The van der Waals surface area contributed by atoms with Crippen LogP contribution in [0.1, 0.15) is 5.56 Å². The summed E-state index contributed by atoms with van der Waals surface area (Å²) in [4.78, 5) is 0. The Labute approximate surface area is 106 Å². The lowest BCUT2D eigenvalue weighted by molar-refractivity contribution is -0.674. The summed E-state index contributed by atoms with van der Waals surface area (Å²) in [6.07, 6.45) is 2.00. The molecule has 2 heteroatoms. The second kappa shape index (κ2) is 4.49. The molecule has 0 saturated heterocycles. The van der Waals surface area contributed by atoms with Gasteiger partial charge in [0.25, 0.3) is 5.82 Å². The zero-order valence-corrected chi connectivity index (χ0v) is 10.1. The van der Waals surface area contributed by atoms with Crippen LogP contribution in [0.2, 0.25) is 0 Å². The van der Waals surface area contributed by atoms with Crippen molar-refractivity contribution < 1.29 is 4.57 Å². The lowest BCUT2D eigenvalue weighted by atomic mass is 10.1. The normalized spacial score (nSPS) is 10.7. The fourth-order valence-corrected chi connectivity index (χ4v) is 2.17. The van der Waals surface area contributed by atoms with Crippen LogP contribution in [0, 0.1) is 0 Å². The van der Waals surface area contributed by atoms with E-state index in [-0.39, 0.29) is 0 Å². The lowest BCUT2D eigenvalue weighted by Crippen LogP contribution is -2.36. The third kappa shape index (κ3) is 2.05. The van der Waals surface area contributed by atoms with Crippen LogP contribution in [0.3, 0.4) is 0 Å². The van der Waals surface area contributed by atoms with E-state index < -0.39 is 0 Å². The number of nitrogens with two attached hydrogens (primary N) is 1. The van der Waals surface area contributed by atoms with Crippen molar-refractivity contribution in [3.63, 3.8) is 0 Å². The first kappa shape index (κ1) is 10.8. The van der Waals surface area contributed by atoms with Crippen molar-refractivity contribution in [1.29, 1.82) is 0 Å². The zero-order chi connectivity index (χ0) is 12.4. The number of nitrogen functional groups attached to an aromatic ring is 1.